The number of amides is 1. The zero-order chi connectivity index (χ0) is 17.7. The SMILES string of the molecule is CC[C@@H](C)c1ccc(NC(=S)NC(=O)c2ccc(Cl)cc2Cl)cc1. The van der Waals surface area contributed by atoms with Gasteiger partial charge in [0.05, 0.1) is 10.6 Å². The molecule has 2 N–H and O–H groups in total. The largest absolute Gasteiger partial charge is 0.332 e. The van der Waals surface area contributed by atoms with Crippen LogP contribution in [0.25, 0.3) is 0 Å². The van der Waals surface area contributed by atoms with Gasteiger partial charge in [-0.15, -0.1) is 0 Å². The predicted molar refractivity (Wildman–Crippen MR) is 105 cm³/mol. The van der Waals surface area contributed by atoms with Gasteiger partial charge in [0.15, 0.2) is 5.11 Å². The number of halogens is 2. The van der Waals surface area contributed by atoms with E-state index in [4.69, 9.17) is 35.4 Å². The van der Waals surface area contributed by atoms with E-state index in [1.807, 2.05) is 12.1 Å². The van der Waals surface area contributed by atoms with Gasteiger partial charge in [0.1, 0.15) is 0 Å². The van der Waals surface area contributed by atoms with E-state index in [1.54, 1.807) is 12.1 Å². The fraction of sp³-hybridized carbons (Fsp3) is 0.222. The van der Waals surface area contributed by atoms with Gasteiger partial charge in [-0.05, 0) is 60.5 Å². The van der Waals surface area contributed by atoms with Gasteiger partial charge in [0, 0.05) is 10.7 Å². The lowest BCUT2D eigenvalue weighted by atomic mass is 9.99. The molecule has 1 atom stereocenters. The van der Waals surface area contributed by atoms with Crippen molar-refractivity contribution >= 4 is 52.1 Å². The van der Waals surface area contributed by atoms with E-state index in [2.05, 4.69) is 36.6 Å². The van der Waals surface area contributed by atoms with Gasteiger partial charge < -0.3 is 5.32 Å². The van der Waals surface area contributed by atoms with Crippen molar-refractivity contribution < 1.29 is 4.79 Å². The molecule has 0 aliphatic heterocycles. The smallest absolute Gasteiger partial charge is 0.258 e. The van der Waals surface area contributed by atoms with E-state index >= 15 is 0 Å². The van der Waals surface area contributed by atoms with Crippen molar-refractivity contribution in [2.24, 2.45) is 0 Å². The van der Waals surface area contributed by atoms with Gasteiger partial charge in [-0.25, -0.2) is 0 Å². The van der Waals surface area contributed by atoms with Crippen molar-refractivity contribution in [3.05, 3.63) is 63.6 Å². The van der Waals surface area contributed by atoms with Gasteiger partial charge in [-0.2, -0.15) is 0 Å². The number of nitrogens with one attached hydrogen (secondary N) is 2. The maximum atomic E-state index is 12.2. The van der Waals surface area contributed by atoms with Gasteiger partial charge >= 0.3 is 0 Å². The molecule has 0 unspecified atom stereocenters. The number of carbonyl (C=O) groups is 1. The average Bonchev–Trinajstić information content (AvgIpc) is 2.54. The first-order valence-electron chi connectivity index (χ1n) is 7.58. The molecule has 24 heavy (non-hydrogen) atoms. The molecule has 0 heterocycles. The van der Waals surface area contributed by atoms with Crippen LogP contribution in [0.5, 0.6) is 0 Å². The molecular formula is C18H18Cl2N2OS. The van der Waals surface area contributed by atoms with Gasteiger partial charge in [0.25, 0.3) is 5.91 Å². The molecule has 2 rings (SSSR count). The van der Waals surface area contributed by atoms with Crippen molar-refractivity contribution in [2.45, 2.75) is 26.2 Å². The molecule has 2 aromatic rings. The van der Waals surface area contributed by atoms with Crippen LogP contribution in [0.2, 0.25) is 10.0 Å². The zero-order valence-corrected chi connectivity index (χ0v) is 15.7. The highest BCUT2D eigenvalue weighted by Crippen LogP contribution is 2.22. The fourth-order valence-corrected chi connectivity index (χ4v) is 2.84. The minimum absolute atomic E-state index is 0.210. The van der Waals surface area contributed by atoms with Crippen LogP contribution in [0.15, 0.2) is 42.5 Å². The number of benzene rings is 2. The highest BCUT2D eigenvalue weighted by atomic mass is 35.5. The summed E-state index contributed by atoms with van der Waals surface area (Å²) in [5.74, 6) is 0.128. The van der Waals surface area contributed by atoms with Crippen LogP contribution in [0.4, 0.5) is 5.69 Å². The van der Waals surface area contributed by atoms with Crippen molar-refractivity contribution in [1.82, 2.24) is 5.32 Å². The Hall–Kier alpha value is -1.62. The summed E-state index contributed by atoms with van der Waals surface area (Å²) < 4.78 is 0. The highest BCUT2D eigenvalue weighted by Gasteiger charge is 2.12. The van der Waals surface area contributed by atoms with Crippen molar-refractivity contribution in [1.29, 1.82) is 0 Å². The molecule has 6 heteroatoms. The third-order valence-electron chi connectivity index (χ3n) is 3.75. The predicted octanol–water partition coefficient (Wildman–Crippen LogP) is 5.63. The topological polar surface area (TPSA) is 41.1 Å². The van der Waals surface area contributed by atoms with E-state index in [0.29, 0.717) is 16.5 Å². The summed E-state index contributed by atoms with van der Waals surface area (Å²) >= 11 is 17.0. The number of hydrogen-bond acceptors (Lipinski definition) is 2. The molecule has 0 bridgehead atoms. The Kier molecular flexibility index (Phi) is 6.60. The Bertz CT molecular complexity index is 747. The Morgan fingerprint density at radius 2 is 1.83 bits per heavy atom. The molecule has 0 aliphatic rings. The summed E-state index contributed by atoms with van der Waals surface area (Å²) in [4.78, 5) is 12.2. The van der Waals surface area contributed by atoms with Gasteiger partial charge in [0.2, 0.25) is 0 Å². The molecule has 0 aromatic heterocycles. The van der Waals surface area contributed by atoms with Gasteiger partial charge in [-0.1, -0.05) is 49.2 Å². The number of rotatable bonds is 4. The first-order valence-corrected chi connectivity index (χ1v) is 8.74. The van der Waals surface area contributed by atoms with Crippen LogP contribution in [0.1, 0.15) is 42.1 Å². The molecule has 1 amide bonds. The molecule has 0 radical (unpaired) electrons. The minimum atomic E-state index is -0.384. The number of hydrogen-bond donors (Lipinski definition) is 2. The van der Waals surface area contributed by atoms with E-state index < -0.39 is 0 Å². The van der Waals surface area contributed by atoms with Crippen LogP contribution in [-0.2, 0) is 0 Å². The van der Waals surface area contributed by atoms with Crippen LogP contribution in [0, 0.1) is 0 Å². The molecule has 3 nitrogen and oxygen atoms in total. The Balaban J connectivity index is 1.98. The Morgan fingerprint density at radius 1 is 1.17 bits per heavy atom. The fourth-order valence-electron chi connectivity index (χ4n) is 2.14. The molecular weight excluding hydrogens is 363 g/mol. The standard InChI is InChI=1S/C18H18Cl2N2OS/c1-3-11(2)12-4-7-14(8-5-12)21-18(24)22-17(23)15-9-6-13(19)10-16(15)20/h4-11H,3H2,1-2H3,(H2,21,22,23,24)/t11-/m1/s1. The summed E-state index contributed by atoms with van der Waals surface area (Å²) in [6.45, 7) is 4.34. The van der Waals surface area contributed by atoms with Crippen molar-refractivity contribution in [3.8, 4) is 0 Å². The summed E-state index contributed by atoms with van der Waals surface area (Å²) in [5.41, 5.74) is 2.40. The number of thiocarbonyl (C=S) groups is 1. The third-order valence-corrected chi connectivity index (χ3v) is 4.50. The number of carbonyl (C=O) groups excluding carboxylic acids is 1. The lowest BCUT2D eigenvalue weighted by molar-refractivity contribution is 0.0978. The van der Waals surface area contributed by atoms with E-state index in [0.717, 1.165) is 12.1 Å². The lowest BCUT2D eigenvalue weighted by Gasteiger charge is -2.12. The molecule has 0 aliphatic carbocycles. The zero-order valence-electron chi connectivity index (χ0n) is 13.4. The summed E-state index contributed by atoms with van der Waals surface area (Å²) in [7, 11) is 0. The number of anilines is 1. The molecule has 2 aromatic carbocycles. The van der Waals surface area contributed by atoms with Crippen molar-refractivity contribution in [2.75, 3.05) is 5.32 Å². The second kappa shape index (κ2) is 8.47. The third kappa shape index (κ3) is 4.94. The molecule has 0 spiro atoms. The molecule has 126 valence electrons. The molecule has 0 fully saturated rings. The lowest BCUT2D eigenvalue weighted by Crippen LogP contribution is -2.34. The van der Waals surface area contributed by atoms with E-state index in [-0.39, 0.29) is 16.0 Å². The second-order valence-corrected chi connectivity index (χ2v) is 6.72. The summed E-state index contributed by atoms with van der Waals surface area (Å²) in [5, 5.41) is 6.56. The first-order chi connectivity index (χ1) is 11.4. The van der Waals surface area contributed by atoms with Crippen molar-refractivity contribution in [3.63, 3.8) is 0 Å². The summed E-state index contributed by atoms with van der Waals surface area (Å²) in [6, 6.07) is 12.7. The van der Waals surface area contributed by atoms with Crippen LogP contribution in [-0.4, -0.2) is 11.0 Å². The highest BCUT2D eigenvalue weighted by molar-refractivity contribution is 7.80. The maximum absolute atomic E-state index is 12.2. The second-order valence-electron chi connectivity index (χ2n) is 5.46. The molecule has 0 saturated carbocycles. The Labute approximate surface area is 157 Å². The summed E-state index contributed by atoms with van der Waals surface area (Å²) in [6.07, 6.45) is 1.09. The Morgan fingerprint density at radius 3 is 2.42 bits per heavy atom. The maximum Gasteiger partial charge on any atom is 0.258 e. The van der Waals surface area contributed by atoms with E-state index in [1.165, 1.54) is 11.6 Å². The minimum Gasteiger partial charge on any atom is -0.332 e. The van der Waals surface area contributed by atoms with Crippen LogP contribution < -0.4 is 10.6 Å². The van der Waals surface area contributed by atoms with E-state index in [9.17, 15) is 4.79 Å². The van der Waals surface area contributed by atoms with Crippen LogP contribution in [0.3, 0.4) is 0 Å². The molecule has 0 saturated heterocycles. The van der Waals surface area contributed by atoms with Gasteiger partial charge in [-0.3, -0.25) is 10.1 Å². The normalized spacial score (nSPS) is 11.7. The monoisotopic (exact) mass is 380 g/mol. The average molecular weight is 381 g/mol. The van der Waals surface area contributed by atoms with Crippen LogP contribution >= 0.6 is 35.4 Å². The quantitative estimate of drug-likeness (QED) is 0.674. The first kappa shape index (κ1) is 18.7.